The van der Waals surface area contributed by atoms with E-state index in [0.717, 1.165) is 23.1 Å². The third kappa shape index (κ3) is 4.12. The number of amides is 1. The second-order valence-electron chi connectivity index (χ2n) is 7.63. The topological polar surface area (TPSA) is 68.2 Å². The molecule has 152 valence electrons. The highest BCUT2D eigenvalue weighted by Crippen LogP contribution is 2.32. The van der Waals surface area contributed by atoms with Crippen molar-refractivity contribution in [1.29, 1.82) is 0 Å². The number of hydrogen-bond donors (Lipinski definition) is 1. The fourth-order valence-electron chi connectivity index (χ4n) is 3.57. The smallest absolute Gasteiger partial charge is 0.257 e. The molecule has 5 nitrogen and oxygen atoms in total. The first-order valence-corrected chi connectivity index (χ1v) is 11.2. The Hall–Kier alpha value is -2.86. The molecule has 29 heavy (non-hydrogen) atoms. The summed E-state index contributed by atoms with van der Waals surface area (Å²) in [5, 5.41) is 2.86. The minimum absolute atomic E-state index is 0.221. The van der Waals surface area contributed by atoms with E-state index in [0.29, 0.717) is 11.3 Å². The fraction of sp³-hybridized carbons (Fsp3) is 0.261. The molecule has 0 saturated heterocycles. The van der Waals surface area contributed by atoms with Gasteiger partial charge in [0, 0.05) is 30.8 Å². The van der Waals surface area contributed by atoms with Crippen LogP contribution in [-0.2, 0) is 16.9 Å². The van der Waals surface area contributed by atoms with E-state index in [1.165, 1.54) is 28.8 Å². The van der Waals surface area contributed by atoms with Crippen molar-refractivity contribution in [3.8, 4) is 11.3 Å². The molecule has 6 heteroatoms. The van der Waals surface area contributed by atoms with Gasteiger partial charge in [0.15, 0.2) is 9.84 Å². The van der Waals surface area contributed by atoms with Crippen LogP contribution in [0.3, 0.4) is 0 Å². The van der Waals surface area contributed by atoms with E-state index < -0.39 is 9.84 Å². The van der Waals surface area contributed by atoms with Gasteiger partial charge < -0.3 is 9.88 Å². The van der Waals surface area contributed by atoms with Crippen LogP contribution in [0, 0.1) is 27.7 Å². The van der Waals surface area contributed by atoms with E-state index >= 15 is 0 Å². The standard InChI is InChI=1S/C23H26N2O3S/c1-14-11-16(3)20(12-15(14)2)22-17(4)21(13-25(22)5)23(26)24-18-7-9-19(10-8-18)29(6,27)28/h7-13H,1-6H3,(H,24,26). The van der Waals surface area contributed by atoms with Crippen LogP contribution in [-0.4, -0.2) is 25.1 Å². The van der Waals surface area contributed by atoms with Crippen LogP contribution in [0.25, 0.3) is 11.3 Å². The minimum Gasteiger partial charge on any atom is -0.350 e. The Labute approximate surface area is 172 Å². The Morgan fingerprint density at radius 3 is 2.10 bits per heavy atom. The number of aryl methyl sites for hydroxylation is 4. The molecule has 1 N–H and O–H groups in total. The van der Waals surface area contributed by atoms with Gasteiger partial charge >= 0.3 is 0 Å². The van der Waals surface area contributed by atoms with Crippen molar-refractivity contribution >= 4 is 21.4 Å². The average Bonchev–Trinajstić information content (AvgIpc) is 2.92. The summed E-state index contributed by atoms with van der Waals surface area (Å²) in [6.45, 7) is 8.21. The second-order valence-corrected chi connectivity index (χ2v) is 9.65. The predicted molar refractivity (Wildman–Crippen MR) is 117 cm³/mol. The summed E-state index contributed by atoms with van der Waals surface area (Å²) < 4.78 is 25.2. The molecule has 3 aromatic rings. The number of nitrogens with one attached hydrogen (secondary N) is 1. The Bertz CT molecular complexity index is 1200. The molecule has 0 aliphatic carbocycles. The van der Waals surface area contributed by atoms with Gasteiger partial charge in [-0.25, -0.2) is 8.42 Å². The molecule has 0 radical (unpaired) electrons. The lowest BCUT2D eigenvalue weighted by Crippen LogP contribution is -2.12. The first-order valence-electron chi connectivity index (χ1n) is 9.34. The molecule has 1 amide bonds. The number of hydrogen-bond acceptors (Lipinski definition) is 3. The number of nitrogens with zero attached hydrogens (tertiary/aromatic N) is 1. The number of carbonyl (C=O) groups excluding carboxylic acids is 1. The van der Waals surface area contributed by atoms with E-state index in [9.17, 15) is 13.2 Å². The van der Waals surface area contributed by atoms with E-state index in [4.69, 9.17) is 0 Å². The van der Waals surface area contributed by atoms with Crippen molar-refractivity contribution in [2.75, 3.05) is 11.6 Å². The molecular weight excluding hydrogens is 384 g/mol. The SMILES string of the molecule is Cc1cc(C)c(-c2c(C)c(C(=O)Nc3ccc(S(C)(=O)=O)cc3)cn2C)cc1C. The zero-order chi connectivity index (χ0) is 21.5. The Balaban J connectivity index is 1.94. The van der Waals surface area contributed by atoms with E-state index in [-0.39, 0.29) is 10.8 Å². The predicted octanol–water partition coefficient (Wildman–Crippen LogP) is 4.58. The Morgan fingerprint density at radius 2 is 1.52 bits per heavy atom. The van der Waals surface area contributed by atoms with Crippen LogP contribution in [0.15, 0.2) is 47.5 Å². The van der Waals surface area contributed by atoms with Crippen molar-refractivity contribution in [2.24, 2.45) is 7.05 Å². The Morgan fingerprint density at radius 1 is 0.931 bits per heavy atom. The third-order valence-corrected chi connectivity index (χ3v) is 6.44. The lowest BCUT2D eigenvalue weighted by molar-refractivity contribution is 0.102. The molecule has 1 aromatic heterocycles. The van der Waals surface area contributed by atoms with Crippen LogP contribution in [0.4, 0.5) is 5.69 Å². The van der Waals surface area contributed by atoms with E-state index in [1.807, 2.05) is 24.7 Å². The van der Waals surface area contributed by atoms with Gasteiger partial charge in [0.2, 0.25) is 0 Å². The summed E-state index contributed by atoms with van der Waals surface area (Å²) in [5.41, 5.74) is 7.80. The molecule has 0 saturated carbocycles. The fourth-order valence-corrected chi connectivity index (χ4v) is 4.20. The lowest BCUT2D eigenvalue weighted by atomic mass is 9.96. The molecule has 2 aromatic carbocycles. The van der Waals surface area contributed by atoms with Crippen LogP contribution in [0.5, 0.6) is 0 Å². The highest BCUT2D eigenvalue weighted by atomic mass is 32.2. The second kappa shape index (κ2) is 7.52. The van der Waals surface area contributed by atoms with Gasteiger partial charge in [0.05, 0.1) is 16.2 Å². The van der Waals surface area contributed by atoms with Crippen molar-refractivity contribution in [2.45, 2.75) is 32.6 Å². The summed E-state index contributed by atoms with van der Waals surface area (Å²) in [4.78, 5) is 13.1. The molecule has 0 aliphatic rings. The number of rotatable bonds is 4. The van der Waals surface area contributed by atoms with Gasteiger partial charge in [-0.15, -0.1) is 0 Å². The van der Waals surface area contributed by atoms with Crippen molar-refractivity contribution < 1.29 is 13.2 Å². The zero-order valence-corrected chi connectivity index (χ0v) is 18.4. The molecular formula is C23H26N2O3S. The normalized spacial score (nSPS) is 11.5. The molecule has 0 unspecified atom stereocenters. The molecule has 0 atom stereocenters. The average molecular weight is 411 g/mol. The van der Waals surface area contributed by atoms with Gasteiger partial charge in [0.25, 0.3) is 5.91 Å². The maximum atomic E-state index is 12.9. The van der Waals surface area contributed by atoms with E-state index in [2.05, 4.69) is 38.2 Å². The molecule has 0 bridgehead atoms. The summed E-state index contributed by atoms with van der Waals surface area (Å²) in [7, 11) is -1.33. The van der Waals surface area contributed by atoms with Crippen LogP contribution < -0.4 is 5.32 Å². The quantitative estimate of drug-likeness (QED) is 0.684. The lowest BCUT2D eigenvalue weighted by Gasteiger charge is -2.12. The molecule has 0 aliphatic heterocycles. The monoisotopic (exact) mass is 410 g/mol. The highest BCUT2D eigenvalue weighted by Gasteiger charge is 2.19. The summed E-state index contributed by atoms with van der Waals surface area (Å²) in [5.74, 6) is -0.224. The van der Waals surface area contributed by atoms with E-state index in [1.54, 1.807) is 12.1 Å². The van der Waals surface area contributed by atoms with Crippen molar-refractivity contribution in [3.63, 3.8) is 0 Å². The number of anilines is 1. The first kappa shape index (κ1) is 20.9. The van der Waals surface area contributed by atoms with Crippen molar-refractivity contribution in [1.82, 2.24) is 4.57 Å². The van der Waals surface area contributed by atoms with Crippen LogP contribution >= 0.6 is 0 Å². The molecule has 0 spiro atoms. The largest absolute Gasteiger partial charge is 0.350 e. The van der Waals surface area contributed by atoms with Gasteiger partial charge in [-0.1, -0.05) is 6.07 Å². The Kier molecular flexibility index (Phi) is 5.41. The number of sulfone groups is 1. The maximum Gasteiger partial charge on any atom is 0.257 e. The summed E-state index contributed by atoms with van der Waals surface area (Å²) in [6, 6.07) is 10.5. The van der Waals surface area contributed by atoms with Gasteiger partial charge in [0.1, 0.15) is 0 Å². The number of carbonyl (C=O) groups is 1. The van der Waals surface area contributed by atoms with Crippen LogP contribution in [0.2, 0.25) is 0 Å². The van der Waals surface area contributed by atoms with Gasteiger partial charge in [-0.3, -0.25) is 4.79 Å². The molecule has 0 fully saturated rings. The first-order chi connectivity index (χ1) is 13.5. The number of benzene rings is 2. The minimum atomic E-state index is -3.27. The molecule has 1 heterocycles. The van der Waals surface area contributed by atoms with Gasteiger partial charge in [-0.05, 0) is 80.3 Å². The highest BCUT2D eigenvalue weighted by molar-refractivity contribution is 7.90. The zero-order valence-electron chi connectivity index (χ0n) is 17.6. The van der Waals surface area contributed by atoms with Crippen LogP contribution in [0.1, 0.15) is 32.6 Å². The maximum absolute atomic E-state index is 12.9. The summed E-state index contributed by atoms with van der Waals surface area (Å²) in [6.07, 6.45) is 2.99. The molecule has 3 rings (SSSR count). The third-order valence-electron chi connectivity index (χ3n) is 5.32. The number of aromatic nitrogens is 1. The summed E-state index contributed by atoms with van der Waals surface area (Å²) >= 11 is 0. The van der Waals surface area contributed by atoms with Gasteiger partial charge in [-0.2, -0.15) is 0 Å². The van der Waals surface area contributed by atoms with Crippen molar-refractivity contribution in [3.05, 3.63) is 70.4 Å².